The lowest BCUT2D eigenvalue weighted by atomic mass is 10.1. The highest BCUT2D eigenvalue weighted by Gasteiger charge is 2.27. The minimum absolute atomic E-state index is 0.0220. The van der Waals surface area contributed by atoms with E-state index in [0.717, 1.165) is 37.4 Å². The average Bonchev–Trinajstić information content (AvgIpc) is 2.55. The Bertz CT molecular complexity index is 608. The van der Waals surface area contributed by atoms with Gasteiger partial charge in [-0.1, -0.05) is 0 Å². The van der Waals surface area contributed by atoms with Crippen molar-refractivity contribution in [2.75, 3.05) is 31.1 Å². The topological polar surface area (TPSA) is 49.9 Å². The minimum atomic E-state index is 0.0220. The third-order valence-corrected chi connectivity index (χ3v) is 4.55. The second kappa shape index (κ2) is 6.60. The van der Waals surface area contributed by atoms with Crippen molar-refractivity contribution in [1.29, 1.82) is 0 Å². The number of nitrogens with zero attached hydrogens (tertiary/aromatic N) is 2. The molecule has 0 N–H and O–H groups in total. The van der Waals surface area contributed by atoms with Crippen LogP contribution in [0.5, 0.6) is 5.75 Å². The quantitative estimate of drug-likeness (QED) is 0.804. The fraction of sp³-hybridized carbons (Fsp3) is 0.556. The second-order valence-electron chi connectivity index (χ2n) is 6.49. The maximum absolute atomic E-state index is 12.6. The fourth-order valence-corrected chi connectivity index (χ4v) is 3.30. The summed E-state index contributed by atoms with van der Waals surface area (Å²) in [6, 6.07) is 5.46. The van der Waals surface area contributed by atoms with E-state index in [4.69, 9.17) is 4.74 Å². The summed E-state index contributed by atoms with van der Waals surface area (Å²) in [7, 11) is 0. The van der Waals surface area contributed by atoms with Crippen LogP contribution in [0.1, 0.15) is 43.5 Å². The maximum atomic E-state index is 12.6. The van der Waals surface area contributed by atoms with Gasteiger partial charge in [0.2, 0.25) is 5.91 Å². The zero-order valence-electron chi connectivity index (χ0n) is 13.9. The minimum Gasteiger partial charge on any atom is -0.487 e. The summed E-state index contributed by atoms with van der Waals surface area (Å²) in [5.74, 6) is 0.937. The number of carbonyl (C=O) groups is 2. The molecule has 0 aromatic heterocycles. The summed E-state index contributed by atoms with van der Waals surface area (Å²) < 4.78 is 5.85. The highest BCUT2D eigenvalue weighted by atomic mass is 16.5. The predicted molar refractivity (Wildman–Crippen MR) is 89.2 cm³/mol. The van der Waals surface area contributed by atoms with Crippen LogP contribution in [0.25, 0.3) is 0 Å². The molecule has 23 heavy (non-hydrogen) atoms. The number of ketones is 1. The van der Waals surface area contributed by atoms with E-state index >= 15 is 0 Å². The van der Waals surface area contributed by atoms with Gasteiger partial charge in [0.25, 0.3) is 0 Å². The summed E-state index contributed by atoms with van der Waals surface area (Å²) in [4.78, 5) is 28.2. The Hall–Kier alpha value is -2.04. The van der Waals surface area contributed by atoms with Gasteiger partial charge in [0.1, 0.15) is 11.9 Å². The van der Waals surface area contributed by atoms with Crippen LogP contribution in [-0.2, 0) is 4.79 Å². The van der Waals surface area contributed by atoms with Crippen molar-refractivity contribution < 1.29 is 14.3 Å². The SMILES string of the molecule is CC(=O)c1ccc2c(c1)N(CC(=O)N1CCCCC1)CC(C)O2. The van der Waals surface area contributed by atoms with Gasteiger partial charge in [-0.2, -0.15) is 0 Å². The lowest BCUT2D eigenvalue weighted by Crippen LogP contribution is -2.47. The number of piperidine rings is 1. The van der Waals surface area contributed by atoms with Crippen molar-refractivity contribution in [2.45, 2.75) is 39.2 Å². The van der Waals surface area contributed by atoms with Gasteiger partial charge in [-0.05, 0) is 51.3 Å². The first-order valence-corrected chi connectivity index (χ1v) is 8.39. The van der Waals surface area contributed by atoms with Gasteiger partial charge in [-0.15, -0.1) is 0 Å². The number of likely N-dealkylation sites (tertiary alicyclic amines) is 1. The van der Waals surface area contributed by atoms with Crippen molar-refractivity contribution in [1.82, 2.24) is 4.90 Å². The molecule has 1 saturated heterocycles. The molecule has 1 amide bonds. The van der Waals surface area contributed by atoms with Crippen molar-refractivity contribution in [2.24, 2.45) is 0 Å². The third kappa shape index (κ3) is 3.49. The van der Waals surface area contributed by atoms with Crippen molar-refractivity contribution in [3.63, 3.8) is 0 Å². The van der Waals surface area contributed by atoms with E-state index in [-0.39, 0.29) is 17.8 Å². The largest absolute Gasteiger partial charge is 0.487 e. The first-order valence-electron chi connectivity index (χ1n) is 8.39. The molecule has 2 heterocycles. The zero-order valence-corrected chi connectivity index (χ0v) is 13.9. The first kappa shape index (κ1) is 15.8. The zero-order chi connectivity index (χ0) is 16.4. The van der Waals surface area contributed by atoms with Gasteiger partial charge in [0.15, 0.2) is 5.78 Å². The molecule has 5 nitrogen and oxygen atoms in total. The Kier molecular flexibility index (Phi) is 4.55. The first-order chi connectivity index (χ1) is 11.0. The molecule has 0 bridgehead atoms. The van der Waals surface area contributed by atoms with E-state index in [0.29, 0.717) is 18.7 Å². The number of fused-ring (bicyclic) bond motifs is 1. The summed E-state index contributed by atoms with van der Waals surface area (Å²) >= 11 is 0. The third-order valence-electron chi connectivity index (χ3n) is 4.55. The Morgan fingerprint density at radius 2 is 1.96 bits per heavy atom. The van der Waals surface area contributed by atoms with Crippen LogP contribution in [0, 0.1) is 0 Å². The molecule has 0 radical (unpaired) electrons. The van der Waals surface area contributed by atoms with Gasteiger partial charge in [-0.3, -0.25) is 9.59 Å². The molecule has 0 spiro atoms. The van der Waals surface area contributed by atoms with E-state index in [2.05, 4.69) is 0 Å². The number of carbonyl (C=O) groups excluding carboxylic acids is 2. The molecule has 1 fully saturated rings. The van der Waals surface area contributed by atoms with E-state index in [1.807, 2.05) is 28.9 Å². The van der Waals surface area contributed by atoms with Gasteiger partial charge in [0, 0.05) is 18.7 Å². The summed E-state index contributed by atoms with van der Waals surface area (Å²) in [6.45, 7) is 6.28. The van der Waals surface area contributed by atoms with Crippen LogP contribution >= 0.6 is 0 Å². The van der Waals surface area contributed by atoms with Crippen LogP contribution in [-0.4, -0.2) is 48.9 Å². The van der Waals surface area contributed by atoms with Gasteiger partial charge in [-0.25, -0.2) is 0 Å². The van der Waals surface area contributed by atoms with E-state index in [1.165, 1.54) is 6.42 Å². The molecule has 1 aromatic rings. The Labute approximate surface area is 137 Å². The number of rotatable bonds is 3. The molecule has 0 saturated carbocycles. The van der Waals surface area contributed by atoms with Crippen molar-refractivity contribution >= 4 is 17.4 Å². The molecular weight excluding hydrogens is 292 g/mol. The standard InChI is InChI=1S/C18H24N2O3/c1-13-11-20(12-18(22)19-8-4-3-5-9-19)16-10-15(14(2)21)6-7-17(16)23-13/h6-7,10,13H,3-5,8-9,11-12H2,1-2H3. The second-order valence-corrected chi connectivity index (χ2v) is 6.49. The molecule has 5 heteroatoms. The molecule has 124 valence electrons. The number of amides is 1. The van der Waals surface area contributed by atoms with Crippen molar-refractivity contribution in [3.8, 4) is 5.75 Å². The molecule has 1 unspecified atom stereocenters. The van der Waals surface area contributed by atoms with Crippen LogP contribution in [0.3, 0.4) is 0 Å². The molecule has 2 aliphatic heterocycles. The molecular formula is C18H24N2O3. The number of hydrogen-bond donors (Lipinski definition) is 0. The summed E-state index contributed by atoms with van der Waals surface area (Å²) in [5.41, 5.74) is 1.50. The van der Waals surface area contributed by atoms with Crippen LogP contribution in [0.15, 0.2) is 18.2 Å². The average molecular weight is 316 g/mol. The highest BCUT2D eigenvalue weighted by Crippen LogP contribution is 2.34. The fourth-order valence-electron chi connectivity index (χ4n) is 3.30. The van der Waals surface area contributed by atoms with Crippen LogP contribution in [0.2, 0.25) is 0 Å². The molecule has 0 aliphatic carbocycles. The van der Waals surface area contributed by atoms with Gasteiger partial charge < -0.3 is 14.5 Å². The number of hydrogen-bond acceptors (Lipinski definition) is 4. The maximum Gasteiger partial charge on any atom is 0.242 e. The Morgan fingerprint density at radius 3 is 2.65 bits per heavy atom. The van der Waals surface area contributed by atoms with Crippen LogP contribution in [0.4, 0.5) is 5.69 Å². The van der Waals surface area contributed by atoms with Gasteiger partial charge >= 0.3 is 0 Å². The summed E-state index contributed by atoms with van der Waals surface area (Å²) in [5, 5.41) is 0. The predicted octanol–water partition coefficient (Wildman–Crippen LogP) is 2.49. The highest BCUT2D eigenvalue weighted by molar-refractivity contribution is 5.96. The number of anilines is 1. The van der Waals surface area contributed by atoms with E-state index < -0.39 is 0 Å². The summed E-state index contributed by atoms with van der Waals surface area (Å²) in [6.07, 6.45) is 3.43. The monoisotopic (exact) mass is 316 g/mol. The molecule has 1 aromatic carbocycles. The Morgan fingerprint density at radius 1 is 1.22 bits per heavy atom. The van der Waals surface area contributed by atoms with Crippen molar-refractivity contribution in [3.05, 3.63) is 23.8 Å². The molecule has 3 rings (SSSR count). The number of Topliss-reactive ketones (excluding diaryl/α,β-unsaturated/α-hetero) is 1. The smallest absolute Gasteiger partial charge is 0.242 e. The number of ether oxygens (including phenoxy) is 1. The lowest BCUT2D eigenvalue weighted by Gasteiger charge is -2.36. The molecule has 1 atom stereocenters. The molecule has 2 aliphatic rings. The Balaban J connectivity index is 1.80. The van der Waals surface area contributed by atoms with E-state index in [1.54, 1.807) is 13.0 Å². The number of benzene rings is 1. The lowest BCUT2D eigenvalue weighted by molar-refractivity contribution is -0.130. The van der Waals surface area contributed by atoms with Gasteiger partial charge in [0.05, 0.1) is 18.8 Å². The van der Waals surface area contributed by atoms with Crippen LogP contribution < -0.4 is 9.64 Å². The van der Waals surface area contributed by atoms with E-state index in [9.17, 15) is 9.59 Å². The normalized spacial score (nSPS) is 20.7.